The van der Waals surface area contributed by atoms with E-state index in [1.54, 1.807) is 0 Å². The van der Waals surface area contributed by atoms with Crippen molar-refractivity contribution in [2.75, 3.05) is 6.61 Å². The normalized spacial score (nSPS) is 10.5. The topological polar surface area (TPSA) is 127 Å². The lowest BCUT2D eigenvalue weighted by molar-refractivity contribution is -0.142. The monoisotopic (exact) mass is 225 g/mol. The maximum absolute atomic E-state index is 10.2. The van der Waals surface area contributed by atoms with Crippen LogP contribution in [0.2, 0.25) is 0 Å². The molecule has 2 N–H and O–H groups in total. The third-order valence-electron chi connectivity index (χ3n) is 1.56. The SMILES string of the molecule is O=C(O)COCc1nc(-c2cn[nH]n2)no1. The van der Waals surface area contributed by atoms with E-state index < -0.39 is 12.6 Å². The van der Waals surface area contributed by atoms with E-state index in [1.807, 2.05) is 0 Å². The Labute approximate surface area is 88.4 Å². The lowest BCUT2D eigenvalue weighted by Gasteiger charge is -1.93. The van der Waals surface area contributed by atoms with Crippen molar-refractivity contribution < 1.29 is 19.2 Å². The van der Waals surface area contributed by atoms with Crippen LogP contribution >= 0.6 is 0 Å². The number of H-pyrrole nitrogens is 1. The fourth-order valence-electron chi connectivity index (χ4n) is 0.953. The molecule has 0 saturated heterocycles. The zero-order valence-corrected chi connectivity index (χ0v) is 7.95. The molecule has 9 nitrogen and oxygen atoms in total. The molecule has 84 valence electrons. The van der Waals surface area contributed by atoms with Crippen molar-refractivity contribution in [2.24, 2.45) is 0 Å². The predicted octanol–water partition coefficient (Wildman–Crippen LogP) is -0.544. The van der Waals surface area contributed by atoms with Crippen LogP contribution in [-0.2, 0) is 16.1 Å². The number of hydrogen-bond donors (Lipinski definition) is 2. The van der Waals surface area contributed by atoms with Gasteiger partial charge in [-0.1, -0.05) is 5.16 Å². The molecule has 2 heterocycles. The smallest absolute Gasteiger partial charge is 0.329 e. The van der Waals surface area contributed by atoms with Crippen LogP contribution in [0.25, 0.3) is 11.5 Å². The summed E-state index contributed by atoms with van der Waals surface area (Å²) in [6.07, 6.45) is 1.44. The van der Waals surface area contributed by atoms with E-state index in [0.717, 1.165) is 0 Å². The quantitative estimate of drug-likeness (QED) is 0.694. The lowest BCUT2D eigenvalue weighted by Crippen LogP contribution is -2.06. The minimum atomic E-state index is -1.06. The van der Waals surface area contributed by atoms with Gasteiger partial charge in [-0.15, -0.1) is 0 Å². The number of carboxylic acids is 1. The Hall–Kier alpha value is -2.29. The maximum atomic E-state index is 10.2. The van der Waals surface area contributed by atoms with Crippen LogP contribution in [0.5, 0.6) is 0 Å². The van der Waals surface area contributed by atoms with Crippen molar-refractivity contribution in [2.45, 2.75) is 6.61 Å². The van der Waals surface area contributed by atoms with Crippen LogP contribution < -0.4 is 0 Å². The second-order valence-corrected chi connectivity index (χ2v) is 2.75. The standard InChI is InChI=1S/C7H7N5O4/c13-6(14)3-15-2-5-9-7(11-16-5)4-1-8-12-10-4/h1H,2-3H2,(H,13,14)(H,8,10,12). The molecular formula is C7H7N5O4. The third kappa shape index (κ3) is 2.39. The Morgan fingerprint density at radius 1 is 1.62 bits per heavy atom. The highest BCUT2D eigenvalue weighted by Crippen LogP contribution is 2.10. The summed E-state index contributed by atoms with van der Waals surface area (Å²) in [6.45, 7) is -0.473. The molecule has 0 fully saturated rings. The number of nitrogens with zero attached hydrogens (tertiary/aromatic N) is 4. The van der Waals surface area contributed by atoms with Crippen LogP contribution in [0, 0.1) is 0 Å². The summed E-state index contributed by atoms with van der Waals surface area (Å²) in [6, 6.07) is 0. The van der Waals surface area contributed by atoms with Crippen molar-refractivity contribution >= 4 is 5.97 Å². The molecular weight excluding hydrogens is 218 g/mol. The van der Waals surface area contributed by atoms with Crippen molar-refractivity contribution in [1.82, 2.24) is 25.6 Å². The number of ether oxygens (including phenoxy) is 1. The molecule has 0 amide bonds. The summed E-state index contributed by atoms with van der Waals surface area (Å²) < 4.78 is 9.58. The van der Waals surface area contributed by atoms with Crippen LogP contribution in [-0.4, -0.2) is 43.2 Å². The van der Waals surface area contributed by atoms with Gasteiger partial charge in [0, 0.05) is 0 Å². The van der Waals surface area contributed by atoms with E-state index in [-0.39, 0.29) is 18.3 Å². The molecule has 0 spiro atoms. The van der Waals surface area contributed by atoms with Crippen LogP contribution in [0.4, 0.5) is 0 Å². The van der Waals surface area contributed by atoms with E-state index in [9.17, 15) is 4.79 Å². The van der Waals surface area contributed by atoms with Gasteiger partial charge in [0.2, 0.25) is 5.82 Å². The van der Waals surface area contributed by atoms with Crippen LogP contribution in [0.15, 0.2) is 10.7 Å². The summed E-state index contributed by atoms with van der Waals surface area (Å²) in [5, 5.41) is 21.7. The van der Waals surface area contributed by atoms with E-state index in [2.05, 4.69) is 25.6 Å². The Morgan fingerprint density at radius 2 is 2.50 bits per heavy atom. The van der Waals surface area contributed by atoms with Gasteiger partial charge in [-0.05, 0) is 0 Å². The van der Waals surface area contributed by atoms with Gasteiger partial charge < -0.3 is 14.4 Å². The van der Waals surface area contributed by atoms with Gasteiger partial charge >= 0.3 is 5.97 Å². The molecule has 9 heteroatoms. The largest absolute Gasteiger partial charge is 0.480 e. The van der Waals surface area contributed by atoms with Gasteiger partial charge in [0.25, 0.3) is 5.89 Å². The summed E-state index contributed by atoms with van der Waals surface area (Å²) in [5.41, 5.74) is 0.438. The van der Waals surface area contributed by atoms with E-state index >= 15 is 0 Å². The highest BCUT2D eigenvalue weighted by molar-refractivity contribution is 5.67. The molecule has 0 unspecified atom stereocenters. The number of aromatic amines is 1. The summed E-state index contributed by atoms with van der Waals surface area (Å²) in [7, 11) is 0. The first-order valence-corrected chi connectivity index (χ1v) is 4.24. The van der Waals surface area contributed by atoms with Gasteiger partial charge in [-0.25, -0.2) is 4.79 Å². The van der Waals surface area contributed by atoms with E-state index in [0.29, 0.717) is 5.69 Å². The fourth-order valence-corrected chi connectivity index (χ4v) is 0.953. The first kappa shape index (κ1) is 10.2. The van der Waals surface area contributed by atoms with Gasteiger partial charge in [-0.3, -0.25) is 0 Å². The molecule has 2 rings (SSSR count). The molecule has 0 radical (unpaired) electrons. The van der Waals surface area contributed by atoms with Crippen LogP contribution in [0.1, 0.15) is 5.89 Å². The number of carbonyl (C=O) groups is 1. The first-order chi connectivity index (χ1) is 7.75. The summed E-state index contributed by atoms with van der Waals surface area (Å²) >= 11 is 0. The molecule has 0 aliphatic carbocycles. The first-order valence-electron chi connectivity index (χ1n) is 4.24. The maximum Gasteiger partial charge on any atom is 0.329 e. The highest BCUT2D eigenvalue weighted by Gasteiger charge is 2.11. The van der Waals surface area contributed by atoms with Crippen molar-refractivity contribution in [3.63, 3.8) is 0 Å². The molecule has 2 aromatic rings. The van der Waals surface area contributed by atoms with Crippen molar-refractivity contribution in [3.8, 4) is 11.5 Å². The minimum absolute atomic E-state index is 0.0584. The number of rotatable bonds is 5. The second kappa shape index (κ2) is 4.49. The number of aliphatic carboxylic acids is 1. The number of nitrogens with one attached hydrogen (secondary N) is 1. The zero-order chi connectivity index (χ0) is 11.4. The Morgan fingerprint density at radius 3 is 3.19 bits per heavy atom. The molecule has 16 heavy (non-hydrogen) atoms. The summed E-state index contributed by atoms with van der Waals surface area (Å²) in [4.78, 5) is 14.1. The van der Waals surface area contributed by atoms with E-state index in [1.165, 1.54) is 6.20 Å². The molecule has 0 aromatic carbocycles. The minimum Gasteiger partial charge on any atom is -0.480 e. The van der Waals surface area contributed by atoms with E-state index in [4.69, 9.17) is 14.4 Å². The molecule has 0 aliphatic rings. The number of carboxylic acid groups (broad SMARTS) is 1. The Kier molecular flexibility index (Phi) is 2.87. The molecule has 0 saturated carbocycles. The highest BCUT2D eigenvalue weighted by atomic mass is 16.5. The average molecular weight is 225 g/mol. The number of aromatic nitrogens is 5. The average Bonchev–Trinajstić information content (AvgIpc) is 2.85. The van der Waals surface area contributed by atoms with Crippen LogP contribution in [0.3, 0.4) is 0 Å². The fraction of sp³-hybridized carbons (Fsp3) is 0.286. The number of hydrogen-bond acceptors (Lipinski definition) is 7. The van der Waals surface area contributed by atoms with Crippen molar-refractivity contribution in [3.05, 3.63) is 12.1 Å². The van der Waals surface area contributed by atoms with Crippen molar-refractivity contribution in [1.29, 1.82) is 0 Å². The lowest BCUT2D eigenvalue weighted by atomic mass is 10.5. The Bertz CT molecular complexity index is 465. The van der Waals surface area contributed by atoms with Gasteiger partial charge in [-0.2, -0.15) is 20.4 Å². The van der Waals surface area contributed by atoms with Gasteiger partial charge in [0.15, 0.2) is 5.69 Å². The molecule has 0 bridgehead atoms. The predicted molar refractivity (Wildman–Crippen MR) is 47.0 cm³/mol. The third-order valence-corrected chi connectivity index (χ3v) is 1.56. The zero-order valence-electron chi connectivity index (χ0n) is 7.95. The molecule has 0 atom stereocenters. The Balaban J connectivity index is 1.95. The molecule has 2 aromatic heterocycles. The van der Waals surface area contributed by atoms with Gasteiger partial charge in [0.1, 0.15) is 13.2 Å². The second-order valence-electron chi connectivity index (χ2n) is 2.75. The molecule has 0 aliphatic heterocycles. The van der Waals surface area contributed by atoms with Gasteiger partial charge in [0.05, 0.1) is 6.20 Å². The summed E-state index contributed by atoms with van der Waals surface area (Å²) in [5.74, 6) is -0.613.